The minimum Gasteiger partial charge on any atom is -0.493 e. The average Bonchev–Trinajstić information content (AvgIpc) is 2.81. The zero-order valence-electron chi connectivity index (χ0n) is 19.8. The summed E-state index contributed by atoms with van der Waals surface area (Å²) in [6, 6.07) is 4.19. The molecule has 0 bridgehead atoms. The summed E-state index contributed by atoms with van der Waals surface area (Å²) in [4.78, 5) is 20.7. The number of hydrogen-bond acceptors (Lipinski definition) is 7. The maximum absolute atomic E-state index is 13.8. The molecule has 3 aromatic rings. The van der Waals surface area contributed by atoms with Crippen LogP contribution in [0.5, 0.6) is 28.7 Å². The summed E-state index contributed by atoms with van der Waals surface area (Å²) in [6.45, 7) is 2.75. The average molecular weight is 610 g/mol. The van der Waals surface area contributed by atoms with Crippen molar-refractivity contribution in [1.82, 2.24) is 9.97 Å². The molecule has 0 aliphatic rings. The van der Waals surface area contributed by atoms with E-state index in [9.17, 15) is 31.1 Å². The van der Waals surface area contributed by atoms with E-state index in [4.69, 9.17) is 14.2 Å². The summed E-state index contributed by atoms with van der Waals surface area (Å²) in [5.74, 6) is -3.61. The monoisotopic (exact) mass is 609 g/mol. The van der Waals surface area contributed by atoms with Crippen LogP contribution < -0.4 is 24.3 Å². The summed E-state index contributed by atoms with van der Waals surface area (Å²) in [5.41, 5.74) is -1.43. The van der Waals surface area contributed by atoms with E-state index in [0.29, 0.717) is 16.4 Å². The van der Waals surface area contributed by atoms with Gasteiger partial charge in [-0.25, -0.2) is 9.97 Å². The molecule has 0 aliphatic carbocycles. The largest absolute Gasteiger partial charge is 0.573 e. The van der Waals surface area contributed by atoms with Crippen LogP contribution in [0.25, 0.3) is 0 Å². The van der Waals surface area contributed by atoms with Crippen LogP contribution in [-0.2, 0) is 6.18 Å². The number of nitrogens with zero attached hydrogens (tertiary/aromatic N) is 2. The molecule has 1 aromatic carbocycles. The van der Waals surface area contributed by atoms with Crippen molar-refractivity contribution in [2.24, 2.45) is 0 Å². The fraction of sp³-hybridized carbons (Fsp3) is 0.261. The minimum atomic E-state index is -5.00. The molecule has 0 spiro atoms. The third kappa shape index (κ3) is 6.96. The van der Waals surface area contributed by atoms with Crippen LogP contribution in [0.4, 0.5) is 32.0 Å². The number of rotatable bonds is 8. The highest BCUT2D eigenvalue weighted by atomic mass is 79.9. The smallest absolute Gasteiger partial charge is 0.493 e. The molecule has 15 heteroatoms. The Morgan fingerprint density at radius 1 is 1.03 bits per heavy atom. The van der Waals surface area contributed by atoms with Gasteiger partial charge in [0.2, 0.25) is 0 Å². The summed E-state index contributed by atoms with van der Waals surface area (Å²) >= 11 is 3.15. The first kappa shape index (κ1) is 28.8. The Labute approximate surface area is 220 Å². The van der Waals surface area contributed by atoms with Crippen LogP contribution in [0.15, 0.2) is 41.3 Å². The number of amides is 1. The molecule has 204 valence electrons. The second kappa shape index (κ2) is 11.3. The lowest BCUT2D eigenvalue weighted by Gasteiger charge is -2.20. The van der Waals surface area contributed by atoms with E-state index in [1.165, 1.54) is 19.2 Å². The van der Waals surface area contributed by atoms with Gasteiger partial charge in [0.15, 0.2) is 28.7 Å². The van der Waals surface area contributed by atoms with Crippen molar-refractivity contribution in [3.8, 4) is 28.7 Å². The van der Waals surface area contributed by atoms with Crippen LogP contribution >= 0.6 is 15.9 Å². The zero-order valence-corrected chi connectivity index (χ0v) is 21.3. The topological polar surface area (TPSA) is 91.8 Å². The van der Waals surface area contributed by atoms with Crippen LogP contribution in [0.1, 0.15) is 28.5 Å². The van der Waals surface area contributed by atoms with E-state index in [1.807, 2.05) is 0 Å². The Kier molecular flexibility index (Phi) is 8.59. The Bertz CT molecular complexity index is 1330. The van der Waals surface area contributed by atoms with Gasteiger partial charge in [-0.2, -0.15) is 13.2 Å². The maximum atomic E-state index is 13.8. The number of hydrogen-bond donors (Lipinski definition) is 1. The minimum absolute atomic E-state index is 0.224. The lowest BCUT2D eigenvalue weighted by molar-refractivity contribution is -0.274. The number of aromatic nitrogens is 2. The van der Waals surface area contributed by atoms with E-state index in [1.54, 1.807) is 6.92 Å². The Balaban J connectivity index is 2.14. The SMILES string of the molecule is CCOc1c(C(F)(F)F)ncc(Oc2ccc(OC(F)(F)F)cc2OC)c1C(=O)Nc1cc(Br)ncc1C. The summed E-state index contributed by atoms with van der Waals surface area (Å²) < 4.78 is 99.1. The molecule has 0 saturated heterocycles. The van der Waals surface area contributed by atoms with Crippen LogP contribution in [0, 0.1) is 6.92 Å². The molecule has 8 nitrogen and oxygen atoms in total. The highest BCUT2D eigenvalue weighted by Crippen LogP contribution is 2.43. The van der Waals surface area contributed by atoms with Crippen molar-refractivity contribution in [3.05, 3.63) is 58.1 Å². The van der Waals surface area contributed by atoms with Gasteiger partial charge in [-0.3, -0.25) is 4.79 Å². The van der Waals surface area contributed by atoms with Gasteiger partial charge in [-0.1, -0.05) is 0 Å². The number of benzene rings is 1. The van der Waals surface area contributed by atoms with E-state index in [-0.39, 0.29) is 23.8 Å². The molecule has 0 saturated carbocycles. The molecule has 1 N–H and O–H groups in total. The predicted octanol–water partition coefficient (Wildman–Crippen LogP) is 6.92. The Morgan fingerprint density at radius 2 is 1.74 bits per heavy atom. The number of pyridine rings is 2. The van der Waals surface area contributed by atoms with E-state index in [0.717, 1.165) is 25.3 Å². The van der Waals surface area contributed by atoms with E-state index >= 15 is 0 Å². The molecule has 0 atom stereocenters. The molecule has 0 radical (unpaired) electrons. The summed E-state index contributed by atoms with van der Waals surface area (Å²) in [5, 5.41) is 2.49. The molecule has 38 heavy (non-hydrogen) atoms. The molecule has 1 amide bonds. The number of carbonyl (C=O) groups is 1. The fourth-order valence-corrected chi connectivity index (χ4v) is 3.45. The Hall–Kier alpha value is -3.75. The van der Waals surface area contributed by atoms with Gasteiger partial charge in [0.05, 0.1) is 19.9 Å². The van der Waals surface area contributed by atoms with Crippen molar-refractivity contribution in [3.63, 3.8) is 0 Å². The third-order valence-corrected chi connectivity index (χ3v) is 5.12. The van der Waals surface area contributed by atoms with Crippen molar-refractivity contribution < 1.29 is 50.1 Å². The number of alkyl halides is 6. The van der Waals surface area contributed by atoms with E-state index < -0.39 is 47.0 Å². The molecule has 2 aromatic heterocycles. The quantitative estimate of drug-likeness (QED) is 0.219. The highest BCUT2D eigenvalue weighted by Gasteiger charge is 2.40. The van der Waals surface area contributed by atoms with Gasteiger partial charge in [0.1, 0.15) is 15.9 Å². The fourth-order valence-electron chi connectivity index (χ4n) is 3.12. The first-order chi connectivity index (χ1) is 17.7. The second-order valence-electron chi connectivity index (χ2n) is 7.34. The predicted molar refractivity (Wildman–Crippen MR) is 125 cm³/mol. The zero-order chi connectivity index (χ0) is 28.3. The normalized spacial score (nSPS) is 11.6. The molecular weight excluding hydrogens is 592 g/mol. The number of ether oxygens (including phenoxy) is 4. The highest BCUT2D eigenvalue weighted by molar-refractivity contribution is 9.10. The number of methoxy groups -OCH3 is 1. The summed E-state index contributed by atoms with van der Waals surface area (Å²) in [6.07, 6.45) is -7.91. The number of nitrogens with one attached hydrogen (secondary N) is 1. The number of aryl methyl sites for hydroxylation is 1. The van der Waals surface area contributed by atoms with Gasteiger partial charge >= 0.3 is 12.5 Å². The molecule has 0 fully saturated rings. The van der Waals surface area contributed by atoms with Gasteiger partial charge in [-0.15, -0.1) is 13.2 Å². The molecule has 0 aliphatic heterocycles. The van der Waals surface area contributed by atoms with Crippen LogP contribution in [0.3, 0.4) is 0 Å². The first-order valence-electron chi connectivity index (χ1n) is 10.5. The van der Waals surface area contributed by atoms with Crippen molar-refractivity contribution in [2.45, 2.75) is 26.4 Å². The second-order valence-corrected chi connectivity index (χ2v) is 8.16. The van der Waals surface area contributed by atoms with Gasteiger partial charge in [-0.05, 0) is 53.5 Å². The standard InChI is InChI=1S/C23H18BrF6N3O5/c1-4-36-19-18(21(34)33-13-8-17(24)31-9-11(13)2)16(10-32-20(19)22(25,26)27)37-14-6-5-12(7-15(14)35-3)38-23(28,29)30/h5-10H,4H2,1-3H3,(H,31,33,34). The summed E-state index contributed by atoms with van der Waals surface area (Å²) in [7, 11) is 1.12. The van der Waals surface area contributed by atoms with Crippen molar-refractivity contribution in [1.29, 1.82) is 0 Å². The van der Waals surface area contributed by atoms with Crippen LogP contribution in [-0.4, -0.2) is 36.0 Å². The van der Waals surface area contributed by atoms with E-state index in [2.05, 4.69) is 36.0 Å². The number of carbonyl (C=O) groups excluding carboxylic acids is 1. The maximum Gasteiger partial charge on any atom is 0.573 e. The number of anilines is 1. The van der Waals surface area contributed by atoms with Crippen molar-refractivity contribution >= 4 is 27.5 Å². The lowest BCUT2D eigenvalue weighted by Crippen LogP contribution is -2.20. The number of halogens is 7. The first-order valence-corrected chi connectivity index (χ1v) is 11.3. The van der Waals surface area contributed by atoms with Crippen molar-refractivity contribution in [2.75, 3.05) is 19.0 Å². The molecular formula is C23H18BrF6N3O5. The van der Waals surface area contributed by atoms with Crippen LogP contribution in [0.2, 0.25) is 0 Å². The molecule has 0 unspecified atom stereocenters. The Morgan fingerprint density at radius 3 is 2.34 bits per heavy atom. The van der Waals surface area contributed by atoms with Gasteiger partial charge in [0, 0.05) is 18.0 Å². The molecule has 3 rings (SSSR count). The van der Waals surface area contributed by atoms with Gasteiger partial charge < -0.3 is 24.3 Å². The van der Waals surface area contributed by atoms with Gasteiger partial charge in [0.25, 0.3) is 5.91 Å². The molecule has 2 heterocycles. The lowest BCUT2D eigenvalue weighted by atomic mass is 10.1. The third-order valence-electron chi connectivity index (χ3n) is 4.69.